The summed E-state index contributed by atoms with van der Waals surface area (Å²) in [6.45, 7) is 5.39. The molecule has 1 saturated heterocycles. The van der Waals surface area contributed by atoms with Crippen molar-refractivity contribution in [3.05, 3.63) is 29.8 Å². The number of aromatic nitrogens is 3. The van der Waals surface area contributed by atoms with Crippen molar-refractivity contribution in [3.8, 4) is 11.4 Å². The van der Waals surface area contributed by atoms with Gasteiger partial charge in [-0.3, -0.25) is 14.7 Å². The van der Waals surface area contributed by atoms with Crippen LogP contribution in [0.25, 0.3) is 11.4 Å². The molecule has 2 heterocycles. The van der Waals surface area contributed by atoms with Gasteiger partial charge in [0.1, 0.15) is 0 Å². The van der Waals surface area contributed by atoms with Gasteiger partial charge in [-0.2, -0.15) is 0 Å². The molecule has 3 rings (SSSR count). The maximum absolute atomic E-state index is 12.5. The van der Waals surface area contributed by atoms with E-state index in [4.69, 9.17) is 4.74 Å². The average molecular weight is 403 g/mol. The molecule has 1 aromatic heterocycles. The number of hydrogen-bond acceptors (Lipinski definition) is 6. The van der Waals surface area contributed by atoms with E-state index in [1.165, 1.54) is 17.3 Å². The topological polar surface area (TPSA) is 88.2 Å². The number of H-pyrrole nitrogens is 1. The summed E-state index contributed by atoms with van der Waals surface area (Å²) in [7, 11) is 0. The van der Waals surface area contributed by atoms with Crippen LogP contribution in [0.2, 0.25) is 0 Å². The van der Waals surface area contributed by atoms with Gasteiger partial charge in [-0.15, -0.1) is 5.10 Å². The highest BCUT2D eigenvalue weighted by Gasteiger charge is 2.29. The fourth-order valence-electron chi connectivity index (χ4n) is 3.21. The third-order valence-electron chi connectivity index (χ3n) is 4.82. The summed E-state index contributed by atoms with van der Waals surface area (Å²) < 4.78 is 5.09. The minimum Gasteiger partial charge on any atom is -0.466 e. The third kappa shape index (κ3) is 5.13. The summed E-state index contributed by atoms with van der Waals surface area (Å²) >= 11 is 1.30. The lowest BCUT2D eigenvalue weighted by Gasteiger charge is -2.31. The van der Waals surface area contributed by atoms with E-state index in [2.05, 4.69) is 34.2 Å². The zero-order chi connectivity index (χ0) is 19.9. The molecular weight excluding hydrogens is 376 g/mol. The van der Waals surface area contributed by atoms with Crippen LogP contribution in [0.3, 0.4) is 0 Å². The number of piperidine rings is 1. The van der Waals surface area contributed by atoms with Gasteiger partial charge in [-0.05, 0) is 31.7 Å². The lowest BCUT2D eigenvalue weighted by atomic mass is 9.98. The van der Waals surface area contributed by atoms with Crippen molar-refractivity contribution in [2.75, 3.05) is 25.4 Å². The number of thioether (sulfide) groups is 1. The molecule has 150 valence electrons. The van der Waals surface area contributed by atoms with Gasteiger partial charge < -0.3 is 9.64 Å². The molecule has 0 unspecified atom stereocenters. The highest BCUT2D eigenvalue weighted by molar-refractivity contribution is 7.99. The molecule has 0 bridgehead atoms. The number of aromatic amines is 1. The summed E-state index contributed by atoms with van der Waals surface area (Å²) in [5.41, 5.74) is 2.24. The first-order valence-electron chi connectivity index (χ1n) is 9.69. The molecule has 1 atom stereocenters. The molecule has 1 aliphatic heterocycles. The molecule has 1 fully saturated rings. The Hall–Kier alpha value is -2.35. The van der Waals surface area contributed by atoms with Crippen LogP contribution >= 0.6 is 11.8 Å². The SMILES string of the molecule is CCOC(=O)[C@H]1CCCN(C(=O)CSc2n[nH]c(-c3ccc(CC)cc3)n2)C1. The van der Waals surface area contributed by atoms with Crippen LogP contribution in [0.4, 0.5) is 0 Å². The fraction of sp³-hybridized carbons (Fsp3) is 0.500. The number of aryl methyl sites for hydroxylation is 1. The quantitative estimate of drug-likeness (QED) is 0.566. The molecule has 2 aromatic rings. The van der Waals surface area contributed by atoms with E-state index in [1.54, 1.807) is 11.8 Å². The van der Waals surface area contributed by atoms with E-state index in [1.807, 2.05) is 12.1 Å². The van der Waals surface area contributed by atoms with Gasteiger partial charge in [-0.1, -0.05) is 43.0 Å². The van der Waals surface area contributed by atoms with Crippen molar-refractivity contribution in [2.24, 2.45) is 5.92 Å². The van der Waals surface area contributed by atoms with Crippen LogP contribution in [0, 0.1) is 5.92 Å². The van der Waals surface area contributed by atoms with E-state index in [0.717, 1.165) is 24.8 Å². The Labute approximate surface area is 169 Å². The Morgan fingerprint density at radius 1 is 1.29 bits per heavy atom. The number of carbonyl (C=O) groups excluding carboxylic acids is 2. The van der Waals surface area contributed by atoms with Gasteiger partial charge in [0.15, 0.2) is 5.82 Å². The molecule has 1 aromatic carbocycles. The van der Waals surface area contributed by atoms with E-state index in [0.29, 0.717) is 30.7 Å². The molecule has 8 heteroatoms. The minimum absolute atomic E-state index is 0.00218. The molecular formula is C20H26N4O3S. The minimum atomic E-state index is -0.219. The van der Waals surface area contributed by atoms with Crippen LogP contribution in [0.15, 0.2) is 29.4 Å². The number of carbonyl (C=O) groups is 2. The summed E-state index contributed by atoms with van der Waals surface area (Å²) in [5, 5.41) is 7.68. The monoisotopic (exact) mass is 402 g/mol. The third-order valence-corrected chi connectivity index (χ3v) is 5.65. The first kappa shape index (κ1) is 20.4. The predicted octanol–water partition coefficient (Wildman–Crippen LogP) is 2.93. The second kappa shape index (κ2) is 9.73. The fourth-order valence-corrected chi connectivity index (χ4v) is 3.91. The largest absolute Gasteiger partial charge is 0.466 e. The van der Waals surface area contributed by atoms with Gasteiger partial charge in [0.25, 0.3) is 0 Å². The molecule has 0 saturated carbocycles. The van der Waals surface area contributed by atoms with Gasteiger partial charge in [0.05, 0.1) is 18.3 Å². The van der Waals surface area contributed by atoms with Crippen molar-refractivity contribution in [1.29, 1.82) is 0 Å². The highest BCUT2D eigenvalue weighted by atomic mass is 32.2. The van der Waals surface area contributed by atoms with Crippen molar-refractivity contribution in [2.45, 2.75) is 38.3 Å². The van der Waals surface area contributed by atoms with Crippen LogP contribution in [-0.4, -0.2) is 57.4 Å². The maximum atomic E-state index is 12.5. The molecule has 0 radical (unpaired) electrons. The highest BCUT2D eigenvalue weighted by Crippen LogP contribution is 2.22. The molecule has 1 N–H and O–H groups in total. The predicted molar refractivity (Wildman–Crippen MR) is 108 cm³/mol. The number of benzene rings is 1. The molecule has 0 spiro atoms. The van der Waals surface area contributed by atoms with E-state index in [-0.39, 0.29) is 23.5 Å². The Bertz CT molecular complexity index is 806. The lowest BCUT2D eigenvalue weighted by molar-refractivity contribution is -0.151. The van der Waals surface area contributed by atoms with Crippen LogP contribution in [0.5, 0.6) is 0 Å². The summed E-state index contributed by atoms with van der Waals surface area (Å²) in [4.78, 5) is 30.7. The first-order valence-corrected chi connectivity index (χ1v) is 10.7. The van der Waals surface area contributed by atoms with Crippen LogP contribution in [0.1, 0.15) is 32.3 Å². The molecule has 0 aliphatic carbocycles. The Balaban J connectivity index is 1.53. The zero-order valence-corrected chi connectivity index (χ0v) is 17.1. The lowest BCUT2D eigenvalue weighted by Crippen LogP contribution is -2.43. The van der Waals surface area contributed by atoms with Gasteiger partial charge in [0.2, 0.25) is 11.1 Å². The summed E-state index contributed by atoms with van der Waals surface area (Å²) in [5.74, 6) is 0.515. The van der Waals surface area contributed by atoms with Crippen molar-refractivity contribution < 1.29 is 14.3 Å². The van der Waals surface area contributed by atoms with E-state index >= 15 is 0 Å². The molecule has 1 amide bonds. The number of amides is 1. The van der Waals surface area contributed by atoms with Crippen molar-refractivity contribution >= 4 is 23.6 Å². The number of nitrogens with one attached hydrogen (secondary N) is 1. The smallest absolute Gasteiger partial charge is 0.310 e. The number of rotatable bonds is 7. The van der Waals surface area contributed by atoms with Gasteiger partial charge in [0, 0.05) is 18.7 Å². The van der Waals surface area contributed by atoms with Crippen LogP contribution in [-0.2, 0) is 20.7 Å². The van der Waals surface area contributed by atoms with Crippen molar-refractivity contribution in [3.63, 3.8) is 0 Å². The Morgan fingerprint density at radius 2 is 2.07 bits per heavy atom. The average Bonchev–Trinajstić information content (AvgIpc) is 3.21. The van der Waals surface area contributed by atoms with Crippen molar-refractivity contribution in [1.82, 2.24) is 20.1 Å². The van der Waals surface area contributed by atoms with Gasteiger partial charge >= 0.3 is 5.97 Å². The standard InChI is InChI=1S/C20H26N4O3S/c1-3-14-7-9-15(10-8-14)18-21-20(23-22-18)28-13-17(25)24-11-5-6-16(12-24)19(26)27-4-2/h7-10,16H,3-6,11-13H2,1-2H3,(H,21,22,23)/t16-/m0/s1. The zero-order valence-electron chi connectivity index (χ0n) is 16.3. The molecule has 28 heavy (non-hydrogen) atoms. The maximum Gasteiger partial charge on any atom is 0.310 e. The number of likely N-dealkylation sites (tertiary alicyclic amines) is 1. The normalized spacial score (nSPS) is 16.8. The van der Waals surface area contributed by atoms with Gasteiger partial charge in [-0.25, -0.2) is 4.98 Å². The van der Waals surface area contributed by atoms with E-state index < -0.39 is 0 Å². The second-order valence-corrected chi connectivity index (χ2v) is 7.68. The molecule has 1 aliphatic rings. The number of esters is 1. The Morgan fingerprint density at radius 3 is 2.79 bits per heavy atom. The Kier molecular flexibility index (Phi) is 7.08. The number of ether oxygens (including phenoxy) is 1. The first-order chi connectivity index (χ1) is 13.6. The van der Waals surface area contributed by atoms with E-state index in [9.17, 15) is 9.59 Å². The summed E-state index contributed by atoms with van der Waals surface area (Å²) in [6.07, 6.45) is 2.59. The molecule has 7 nitrogen and oxygen atoms in total. The number of hydrogen-bond donors (Lipinski definition) is 1. The summed E-state index contributed by atoms with van der Waals surface area (Å²) in [6, 6.07) is 8.18. The number of nitrogens with zero attached hydrogens (tertiary/aromatic N) is 3. The second-order valence-electron chi connectivity index (χ2n) is 6.74. The van der Waals surface area contributed by atoms with Crippen LogP contribution < -0.4 is 0 Å².